The molecular formula is C22H26N2O4S. The number of aryl methyl sites for hydroxylation is 1. The molecule has 0 bridgehead atoms. The number of rotatable bonds is 6. The molecule has 0 radical (unpaired) electrons. The molecule has 154 valence electrons. The second-order valence-electron chi connectivity index (χ2n) is 7.66. The van der Waals surface area contributed by atoms with Crippen molar-refractivity contribution in [1.82, 2.24) is 0 Å². The van der Waals surface area contributed by atoms with Crippen LogP contribution in [0.4, 0.5) is 11.4 Å². The average Bonchev–Trinajstić information content (AvgIpc) is 2.78. The van der Waals surface area contributed by atoms with Gasteiger partial charge in [0.05, 0.1) is 21.7 Å². The van der Waals surface area contributed by atoms with Crippen LogP contribution in [0.15, 0.2) is 60.0 Å². The molecule has 0 saturated heterocycles. The number of hydrogen-bond donors (Lipinski definition) is 1. The maximum Gasteiger partial charge on any atom is 0.261 e. The molecule has 1 N–H and O–H groups in total. The molecular weight excluding hydrogens is 388 g/mol. The molecule has 0 fully saturated rings. The maximum absolute atomic E-state index is 13.0. The van der Waals surface area contributed by atoms with Crippen LogP contribution in [0.3, 0.4) is 0 Å². The number of nitrogens with one attached hydrogen (secondary N) is 1. The fraction of sp³-hybridized carbons (Fsp3) is 0.318. The van der Waals surface area contributed by atoms with Crippen LogP contribution < -0.4 is 14.4 Å². The predicted octanol–water partition coefficient (Wildman–Crippen LogP) is 3.99. The van der Waals surface area contributed by atoms with Crippen molar-refractivity contribution in [3.05, 3.63) is 60.7 Å². The van der Waals surface area contributed by atoms with Gasteiger partial charge in [-0.3, -0.25) is 9.52 Å². The Labute approximate surface area is 172 Å². The van der Waals surface area contributed by atoms with E-state index in [1.807, 2.05) is 20.8 Å². The SMILES string of the molecule is C=CCN1C(=O)C(C)(C)COc2ccc(NS(=O)(=O)c3ccc(CC)cc3)cc21. The topological polar surface area (TPSA) is 75.7 Å². The quantitative estimate of drug-likeness (QED) is 0.726. The zero-order valence-corrected chi connectivity index (χ0v) is 17.8. The number of carbonyl (C=O) groups is 1. The number of amides is 1. The zero-order valence-electron chi connectivity index (χ0n) is 16.9. The van der Waals surface area contributed by atoms with Gasteiger partial charge in [-0.1, -0.05) is 25.1 Å². The van der Waals surface area contributed by atoms with E-state index in [1.165, 1.54) is 0 Å². The molecule has 1 aliphatic heterocycles. The third kappa shape index (κ3) is 4.29. The Morgan fingerprint density at radius 3 is 2.52 bits per heavy atom. The number of benzene rings is 2. The molecule has 1 amide bonds. The molecule has 7 heteroatoms. The van der Waals surface area contributed by atoms with Gasteiger partial charge in [0.15, 0.2) is 0 Å². The minimum Gasteiger partial charge on any atom is -0.490 e. The molecule has 0 aromatic heterocycles. The molecule has 0 aliphatic carbocycles. The smallest absolute Gasteiger partial charge is 0.261 e. The lowest BCUT2D eigenvalue weighted by molar-refractivity contribution is -0.127. The van der Waals surface area contributed by atoms with Crippen molar-refractivity contribution in [2.75, 3.05) is 22.8 Å². The lowest BCUT2D eigenvalue weighted by Crippen LogP contribution is -2.42. The lowest BCUT2D eigenvalue weighted by Gasteiger charge is -2.27. The van der Waals surface area contributed by atoms with Crippen LogP contribution in [0, 0.1) is 5.41 Å². The zero-order chi connectivity index (χ0) is 21.2. The third-order valence-electron chi connectivity index (χ3n) is 4.87. The van der Waals surface area contributed by atoms with Crippen LogP contribution in [0.5, 0.6) is 5.75 Å². The summed E-state index contributed by atoms with van der Waals surface area (Å²) in [6, 6.07) is 11.7. The molecule has 2 aromatic carbocycles. The second-order valence-corrected chi connectivity index (χ2v) is 9.34. The Kier molecular flexibility index (Phi) is 5.71. The monoisotopic (exact) mass is 414 g/mol. The van der Waals surface area contributed by atoms with E-state index < -0.39 is 15.4 Å². The number of ether oxygens (including phenoxy) is 1. The van der Waals surface area contributed by atoms with Gasteiger partial charge in [-0.15, -0.1) is 6.58 Å². The van der Waals surface area contributed by atoms with Crippen LogP contribution in [-0.2, 0) is 21.2 Å². The van der Waals surface area contributed by atoms with E-state index in [0.29, 0.717) is 23.7 Å². The van der Waals surface area contributed by atoms with Gasteiger partial charge >= 0.3 is 0 Å². The van der Waals surface area contributed by atoms with Crippen molar-refractivity contribution in [1.29, 1.82) is 0 Å². The van der Waals surface area contributed by atoms with Gasteiger partial charge in [-0.05, 0) is 56.2 Å². The van der Waals surface area contributed by atoms with Gasteiger partial charge in [-0.2, -0.15) is 0 Å². The molecule has 0 atom stereocenters. The van der Waals surface area contributed by atoms with Crippen LogP contribution in [0.25, 0.3) is 0 Å². The highest BCUT2D eigenvalue weighted by molar-refractivity contribution is 7.92. The van der Waals surface area contributed by atoms with Gasteiger partial charge in [0.25, 0.3) is 10.0 Å². The minimum absolute atomic E-state index is 0.105. The van der Waals surface area contributed by atoms with Crippen molar-refractivity contribution in [3.8, 4) is 5.75 Å². The standard InChI is InChI=1S/C22H26N2O4S/c1-5-13-24-19-14-17(9-12-20(19)28-15-22(3,4)21(24)25)23-29(26,27)18-10-7-16(6-2)8-11-18/h5,7-12,14,23H,1,6,13,15H2,2-4H3. The van der Waals surface area contributed by atoms with Crippen LogP contribution in [0.1, 0.15) is 26.3 Å². The number of nitrogens with zero attached hydrogens (tertiary/aromatic N) is 1. The maximum atomic E-state index is 13.0. The minimum atomic E-state index is -3.75. The van der Waals surface area contributed by atoms with Crippen LogP contribution in [-0.4, -0.2) is 27.5 Å². The van der Waals surface area contributed by atoms with Crippen molar-refractivity contribution in [2.24, 2.45) is 5.41 Å². The summed E-state index contributed by atoms with van der Waals surface area (Å²) in [5.41, 5.74) is 1.23. The van der Waals surface area contributed by atoms with Crippen molar-refractivity contribution >= 4 is 27.3 Å². The van der Waals surface area contributed by atoms with E-state index in [0.717, 1.165) is 12.0 Å². The van der Waals surface area contributed by atoms with Gasteiger partial charge in [0.2, 0.25) is 5.91 Å². The van der Waals surface area contributed by atoms with Gasteiger partial charge < -0.3 is 9.64 Å². The molecule has 1 heterocycles. The van der Waals surface area contributed by atoms with Gasteiger partial charge in [0, 0.05) is 6.54 Å². The first-order valence-electron chi connectivity index (χ1n) is 9.49. The summed E-state index contributed by atoms with van der Waals surface area (Å²) in [5, 5.41) is 0. The Morgan fingerprint density at radius 1 is 1.21 bits per heavy atom. The highest BCUT2D eigenvalue weighted by atomic mass is 32.2. The van der Waals surface area contributed by atoms with E-state index >= 15 is 0 Å². The molecule has 0 saturated carbocycles. The summed E-state index contributed by atoms with van der Waals surface area (Å²) >= 11 is 0. The van der Waals surface area contributed by atoms with Crippen LogP contribution in [0.2, 0.25) is 0 Å². The summed E-state index contributed by atoms with van der Waals surface area (Å²) < 4.78 is 34.0. The third-order valence-corrected chi connectivity index (χ3v) is 6.27. The Balaban J connectivity index is 1.96. The van der Waals surface area contributed by atoms with Crippen molar-refractivity contribution in [2.45, 2.75) is 32.1 Å². The first-order valence-corrected chi connectivity index (χ1v) is 11.0. The molecule has 6 nitrogen and oxygen atoms in total. The molecule has 1 aliphatic rings. The number of fused-ring (bicyclic) bond motifs is 1. The highest BCUT2D eigenvalue weighted by Gasteiger charge is 2.37. The largest absolute Gasteiger partial charge is 0.490 e. The summed E-state index contributed by atoms with van der Waals surface area (Å²) in [7, 11) is -3.75. The number of hydrogen-bond acceptors (Lipinski definition) is 4. The van der Waals surface area contributed by atoms with E-state index in [4.69, 9.17) is 4.74 Å². The number of carbonyl (C=O) groups excluding carboxylic acids is 1. The van der Waals surface area contributed by atoms with Crippen molar-refractivity contribution < 1.29 is 17.9 Å². The summed E-state index contributed by atoms with van der Waals surface area (Å²) in [4.78, 5) is 14.7. The van der Waals surface area contributed by atoms with E-state index in [-0.39, 0.29) is 17.4 Å². The molecule has 0 spiro atoms. The van der Waals surface area contributed by atoms with Crippen molar-refractivity contribution in [3.63, 3.8) is 0 Å². The Morgan fingerprint density at radius 2 is 1.90 bits per heavy atom. The van der Waals surface area contributed by atoms with Gasteiger partial charge in [-0.25, -0.2) is 8.42 Å². The highest BCUT2D eigenvalue weighted by Crippen LogP contribution is 2.38. The number of anilines is 2. The van der Waals surface area contributed by atoms with Gasteiger partial charge in [0.1, 0.15) is 12.4 Å². The van der Waals surface area contributed by atoms with E-state index in [1.54, 1.807) is 53.4 Å². The average molecular weight is 415 g/mol. The van der Waals surface area contributed by atoms with E-state index in [2.05, 4.69) is 11.3 Å². The fourth-order valence-corrected chi connectivity index (χ4v) is 4.19. The normalized spacial score (nSPS) is 15.8. The van der Waals surface area contributed by atoms with Crippen LogP contribution >= 0.6 is 0 Å². The first kappa shape index (κ1) is 20.9. The summed E-state index contributed by atoms with van der Waals surface area (Å²) in [6.45, 7) is 9.92. The lowest BCUT2D eigenvalue weighted by atomic mass is 9.93. The summed E-state index contributed by atoms with van der Waals surface area (Å²) in [6.07, 6.45) is 2.47. The summed E-state index contributed by atoms with van der Waals surface area (Å²) in [5.74, 6) is 0.423. The Hall–Kier alpha value is -2.80. The first-order chi connectivity index (χ1) is 13.7. The fourth-order valence-electron chi connectivity index (χ4n) is 3.14. The molecule has 2 aromatic rings. The van der Waals surface area contributed by atoms with E-state index in [9.17, 15) is 13.2 Å². The predicted molar refractivity (Wildman–Crippen MR) is 115 cm³/mol. The molecule has 0 unspecified atom stereocenters. The number of sulfonamides is 1. The Bertz CT molecular complexity index is 1030. The molecule has 3 rings (SSSR count). The molecule has 29 heavy (non-hydrogen) atoms. The second kappa shape index (κ2) is 7.91.